The smallest absolute Gasteiger partial charge is 0.169 e. The molecule has 0 bridgehead atoms. The molecular formula is C15H23N5. The van der Waals surface area contributed by atoms with Crippen LogP contribution in [0.2, 0.25) is 0 Å². The van der Waals surface area contributed by atoms with E-state index in [2.05, 4.69) is 33.0 Å². The average molecular weight is 273 g/mol. The lowest BCUT2D eigenvalue weighted by atomic mass is 10.0. The lowest BCUT2D eigenvalue weighted by Crippen LogP contribution is -2.44. The van der Waals surface area contributed by atoms with Crippen molar-refractivity contribution in [3.05, 3.63) is 16.8 Å². The van der Waals surface area contributed by atoms with Crippen molar-refractivity contribution < 1.29 is 0 Å². The Morgan fingerprint density at radius 2 is 1.95 bits per heavy atom. The highest BCUT2D eigenvalue weighted by molar-refractivity contribution is 5.57. The Hall–Kier alpha value is -1.67. The molecule has 1 aliphatic heterocycles. The summed E-state index contributed by atoms with van der Waals surface area (Å²) in [4.78, 5) is 4.60. The summed E-state index contributed by atoms with van der Waals surface area (Å²) in [7, 11) is 2.03. The molecule has 0 unspecified atom stereocenters. The number of piperidine rings is 1. The summed E-state index contributed by atoms with van der Waals surface area (Å²) in [5.41, 5.74) is 2.44. The fourth-order valence-electron chi connectivity index (χ4n) is 2.77. The maximum Gasteiger partial charge on any atom is 0.169 e. The second-order valence-electron chi connectivity index (χ2n) is 5.50. The minimum absolute atomic E-state index is 0.446. The first-order valence-electron chi connectivity index (χ1n) is 7.27. The molecule has 1 aromatic rings. The SMILES string of the molecule is CCN1CCC(N(C)c2nnc(C)c(C)c2C#N)CC1. The molecule has 108 valence electrons. The molecule has 1 aromatic heterocycles. The van der Waals surface area contributed by atoms with Gasteiger partial charge in [-0.2, -0.15) is 10.4 Å². The zero-order chi connectivity index (χ0) is 14.7. The third kappa shape index (κ3) is 2.75. The van der Waals surface area contributed by atoms with Gasteiger partial charge in [0.25, 0.3) is 0 Å². The maximum atomic E-state index is 9.40. The number of hydrogen-bond acceptors (Lipinski definition) is 5. The highest BCUT2D eigenvalue weighted by Crippen LogP contribution is 2.25. The first-order valence-corrected chi connectivity index (χ1v) is 7.27. The van der Waals surface area contributed by atoms with Crippen molar-refractivity contribution in [2.24, 2.45) is 0 Å². The molecule has 1 saturated heterocycles. The molecule has 0 aliphatic carbocycles. The average Bonchev–Trinajstić information content (AvgIpc) is 2.49. The van der Waals surface area contributed by atoms with Gasteiger partial charge in [0.05, 0.1) is 5.69 Å². The van der Waals surface area contributed by atoms with Gasteiger partial charge in [-0.25, -0.2) is 0 Å². The predicted octanol–water partition coefficient (Wildman–Crippen LogP) is 1.89. The van der Waals surface area contributed by atoms with Crippen LogP contribution in [0.3, 0.4) is 0 Å². The Balaban J connectivity index is 2.20. The number of aryl methyl sites for hydroxylation is 1. The Morgan fingerprint density at radius 3 is 2.50 bits per heavy atom. The molecule has 5 heteroatoms. The minimum Gasteiger partial charge on any atom is -0.354 e. The molecule has 5 nitrogen and oxygen atoms in total. The second-order valence-corrected chi connectivity index (χ2v) is 5.50. The number of hydrogen-bond donors (Lipinski definition) is 0. The van der Waals surface area contributed by atoms with Crippen molar-refractivity contribution in [2.45, 2.75) is 39.7 Å². The van der Waals surface area contributed by atoms with E-state index in [4.69, 9.17) is 0 Å². The van der Waals surface area contributed by atoms with Crippen LogP contribution in [0.1, 0.15) is 36.6 Å². The lowest BCUT2D eigenvalue weighted by molar-refractivity contribution is 0.220. The third-order valence-electron chi connectivity index (χ3n) is 4.43. The van der Waals surface area contributed by atoms with Gasteiger partial charge in [-0.15, -0.1) is 5.10 Å². The first kappa shape index (κ1) is 14.7. The molecular weight excluding hydrogens is 250 g/mol. The van der Waals surface area contributed by atoms with Gasteiger partial charge in [0, 0.05) is 26.2 Å². The number of nitriles is 1. The van der Waals surface area contributed by atoms with Gasteiger partial charge in [0.1, 0.15) is 11.6 Å². The van der Waals surface area contributed by atoms with Gasteiger partial charge < -0.3 is 9.80 Å². The monoisotopic (exact) mass is 273 g/mol. The van der Waals surface area contributed by atoms with Crippen molar-refractivity contribution >= 4 is 5.82 Å². The Morgan fingerprint density at radius 1 is 1.30 bits per heavy atom. The number of likely N-dealkylation sites (tertiary alicyclic amines) is 1. The predicted molar refractivity (Wildman–Crippen MR) is 79.8 cm³/mol. The fourth-order valence-corrected chi connectivity index (χ4v) is 2.77. The molecule has 0 radical (unpaired) electrons. The summed E-state index contributed by atoms with van der Waals surface area (Å²) in [6.45, 7) is 9.39. The molecule has 0 spiro atoms. The van der Waals surface area contributed by atoms with Crippen molar-refractivity contribution in [3.63, 3.8) is 0 Å². The zero-order valence-corrected chi connectivity index (χ0v) is 12.8. The molecule has 0 aromatic carbocycles. The lowest BCUT2D eigenvalue weighted by Gasteiger charge is -2.37. The summed E-state index contributed by atoms with van der Waals surface area (Å²) in [5.74, 6) is 0.727. The van der Waals surface area contributed by atoms with Gasteiger partial charge in [-0.1, -0.05) is 6.92 Å². The van der Waals surface area contributed by atoms with E-state index in [1.165, 1.54) is 0 Å². The van der Waals surface area contributed by atoms with Crippen molar-refractivity contribution in [1.82, 2.24) is 15.1 Å². The Bertz CT molecular complexity index is 512. The highest BCUT2D eigenvalue weighted by Gasteiger charge is 2.25. The van der Waals surface area contributed by atoms with Gasteiger partial charge in [0.15, 0.2) is 5.82 Å². The number of aromatic nitrogens is 2. The summed E-state index contributed by atoms with van der Waals surface area (Å²) in [6.07, 6.45) is 2.23. The molecule has 20 heavy (non-hydrogen) atoms. The molecule has 1 fully saturated rings. The molecule has 0 atom stereocenters. The summed E-state index contributed by atoms with van der Waals surface area (Å²) < 4.78 is 0. The third-order valence-corrected chi connectivity index (χ3v) is 4.43. The Labute approximate surface area is 121 Å². The van der Waals surface area contributed by atoms with Gasteiger partial charge in [0.2, 0.25) is 0 Å². The van der Waals surface area contributed by atoms with Gasteiger partial charge >= 0.3 is 0 Å². The van der Waals surface area contributed by atoms with E-state index in [1.807, 2.05) is 20.9 Å². The number of anilines is 1. The minimum atomic E-state index is 0.446. The van der Waals surface area contributed by atoms with Crippen LogP contribution in [0.4, 0.5) is 5.82 Å². The van der Waals surface area contributed by atoms with Crippen molar-refractivity contribution in [1.29, 1.82) is 5.26 Å². The molecule has 0 saturated carbocycles. The molecule has 2 rings (SSSR count). The Kier molecular flexibility index (Phi) is 4.56. The van der Waals surface area contributed by atoms with Crippen LogP contribution in [0.5, 0.6) is 0 Å². The quantitative estimate of drug-likeness (QED) is 0.841. The van der Waals surface area contributed by atoms with E-state index in [0.717, 1.165) is 49.6 Å². The normalized spacial score (nSPS) is 16.9. The number of nitrogens with zero attached hydrogens (tertiary/aromatic N) is 5. The van der Waals surface area contributed by atoms with E-state index in [1.54, 1.807) is 0 Å². The molecule has 1 aliphatic rings. The summed E-state index contributed by atoms with van der Waals surface area (Å²) in [5, 5.41) is 17.8. The van der Waals surface area contributed by atoms with E-state index in [9.17, 15) is 5.26 Å². The molecule has 0 N–H and O–H groups in total. The van der Waals surface area contributed by atoms with E-state index in [0.29, 0.717) is 11.6 Å². The fraction of sp³-hybridized carbons (Fsp3) is 0.667. The zero-order valence-electron chi connectivity index (χ0n) is 12.8. The van der Waals surface area contributed by atoms with E-state index >= 15 is 0 Å². The topological polar surface area (TPSA) is 56.1 Å². The number of rotatable bonds is 3. The summed E-state index contributed by atoms with van der Waals surface area (Å²) >= 11 is 0. The largest absolute Gasteiger partial charge is 0.354 e. The van der Waals surface area contributed by atoms with Crippen LogP contribution >= 0.6 is 0 Å². The van der Waals surface area contributed by atoms with Crippen LogP contribution < -0.4 is 4.90 Å². The highest BCUT2D eigenvalue weighted by atomic mass is 15.3. The van der Waals surface area contributed by atoms with Crippen LogP contribution in [-0.2, 0) is 0 Å². The van der Waals surface area contributed by atoms with Crippen LogP contribution in [-0.4, -0.2) is 47.8 Å². The van der Waals surface area contributed by atoms with Crippen LogP contribution in [0.25, 0.3) is 0 Å². The summed E-state index contributed by atoms with van der Waals surface area (Å²) in [6, 6.07) is 2.74. The van der Waals surface area contributed by atoms with E-state index < -0.39 is 0 Å². The first-order chi connectivity index (χ1) is 9.58. The van der Waals surface area contributed by atoms with Crippen molar-refractivity contribution in [3.8, 4) is 6.07 Å². The second kappa shape index (κ2) is 6.19. The molecule has 0 amide bonds. The van der Waals surface area contributed by atoms with Crippen molar-refractivity contribution in [2.75, 3.05) is 31.6 Å². The molecule has 2 heterocycles. The van der Waals surface area contributed by atoms with Gasteiger partial charge in [-0.05, 0) is 38.8 Å². The van der Waals surface area contributed by atoms with Crippen LogP contribution in [0.15, 0.2) is 0 Å². The standard InChI is InChI=1S/C15H23N5/c1-5-20-8-6-13(7-9-20)19(4)15-14(10-16)11(2)12(3)17-18-15/h13H,5-9H2,1-4H3. The van der Waals surface area contributed by atoms with E-state index in [-0.39, 0.29) is 0 Å². The van der Waals surface area contributed by atoms with Crippen LogP contribution in [0, 0.1) is 25.2 Å². The maximum absolute atomic E-state index is 9.40. The van der Waals surface area contributed by atoms with Gasteiger partial charge in [-0.3, -0.25) is 0 Å².